The Bertz CT molecular complexity index is 932. The van der Waals surface area contributed by atoms with Crippen molar-refractivity contribution in [2.24, 2.45) is 5.14 Å². The molecule has 0 bridgehead atoms. The maximum absolute atomic E-state index is 11.3. The zero-order valence-corrected chi connectivity index (χ0v) is 11.5. The molecule has 0 fully saturated rings. The highest BCUT2D eigenvalue weighted by atomic mass is 32.2. The molecule has 1 aromatic carbocycles. The van der Waals surface area contributed by atoms with E-state index in [4.69, 9.17) is 10.4 Å². The van der Waals surface area contributed by atoms with Gasteiger partial charge >= 0.3 is 0 Å². The second kappa shape index (κ2) is 4.38. The van der Waals surface area contributed by atoms with Crippen LogP contribution in [-0.4, -0.2) is 23.0 Å². The summed E-state index contributed by atoms with van der Waals surface area (Å²) in [5, 5.41) is 17.8. The van der Waals surface area contributed by atoms with E-state index in [9.17, 15) is 8.42 Å². The molecule has 0 saturated carbocycles. The van der Waals surface area contributed by atoms with Crippen molar-refractivity contribution >= 4 is 26.3 Å². The van der Waals surface area contributed by atoms with Gasteiger partial charge in [0.05, 0.1) is 23.5 Å². The van der Waals surface area contributed by atoms with E-state index in [0.717, 1.165) is 16.9 Å². The number of benzene rings is 1. The minimum atomic E-state index is -3.84. The largest absolute Gasteiger partial charge is 0.267 e. The van der Waals surface area contributed by atoms with Crippen molar-refractivity contribution in [3.63, 3.8) is 0 Å². The third-order valence-electron chi connectivity index (χ3n) is 2.62. The minimum Gasteiger partial charge on any atom is -0.225 e. The van der Waals surface area contributed by atoms with Crippen LogP contribution in [0.3, 0.4) is 0 Å². The summed E-state index contributed by atoms with van der Waals surface area (Å²) in [5.74, 6) is 0. The van der Waals surface area contributed by atoms with E-state index >= 15 is 0 Å². The molecule has 0 aliphatic rings. The molecule has 2 heterocycles. The highest BCUT2D eigenvalue weighted by Crippen LogP contribution is 2.25. The Labute approximate surface area is 118 Å². The quantitative estimate of drug-likeness (QED) is 0.758. The molecule has 100 valence electrons. The van der Waals surface area contributed by atoms with Crippen LogP contribution in [0.15, 0.2) is 34.8 Å². The van der Waals surface area contributed by atoms with E-state index in [1.165, 1.54) is 4.52 Å². The normalized spacial score (nSPS) is 11.6. The van der Waals surface area contributed by atoms with Crippen LogP contribution in [0, 0.1) is 11.3 Å². The Morgan fingerprint density at radius 3 is 2.60 bits per heavy atom. The lowest BCUT2D eigenvalue weighted by atomic mass is 10.1. The second-order valence-electron chi connectivity index (χ2n) is 3.94. The van der Waals surface area contributed by atoms with E-state index in [1.54, 1.807) is 30.5 Å². The Kier molecular flexibility index (Phi) is 2.79. The first-order valence-electron chi connectivity index (χ1n) is 5.37. The highest BCUT2D eigenvalue weighted by Gasteiger charge is 2.18. The van der Waals surface area contributed by atoms with Crippen LogP contribution in [0.5, 0.6) is 0 Å². The molecule has 0 unspecified atom stereocenters. The van der Waals surface area contributed by atoms with Crippen molar-refractivity contribution in [1.82, 2.24) is 14.6 Å². The monoisotopic (exact) mass is 305 g/mol. The molecule has 0 amide bonds. The Hall–Kier alpha value is -2.28. The van der Waals surface area contributed by atoms with Gasteiger partial charge in [0.15, 0.2) is 0 Å². The number of sulfonamides is 1. The summed E-state index contributed by atoms with van der Waals surface area (Å²) < 4.78 is 23.8. The fourth-order valence-electron chi connectivity index (χ4n) is 1.70. The number of primary sulfonamides is 1. The summed E-state index contributed by atoms with van der Waals surface area (Å²) in [5.41, 5.74) is 1.96. The van der Waals surface area contributed by atoms with Crippen molar-refractivity contribution < 1.29 is 8.42 Å². The lowest BCUT2D eigenvalue weighted by molar-refractivity contribution is 0.595. The molecule has 0 atom stereocenters. The second-order valence-corrected chi connectivity index (χ2v) is 6.63. The Morgan fingerprint density at radius 1 is 1.30 bits per heavy atom. The molecular formula is C11H7N5O2S2. The third-order valence-corrected chi connectivity index (χ3v) is 4.85. The number of nitriles is 1. The van der Waals surface area contributed by atoms with Crippen molar-refractivity contribution in [3.8, 4) is 17.3 Å². The van der Waals surface area contributed by atoms with Crippen molar-refractivity contribution in [2.45, 2.75) is 4.34 Å². The average molecular weight is 305 g/mol. The zero-order chi connectivity index (χ0) is 14.3. The molecule has 3 rings (SSSR count). The maximum Gasteiger partial charge on any atom is 0.267 e. The Morgan fingerprint density at radius 2 is 2.00 bits per heavy atom. The van der Waals surface area contributed by atoms with E-state index < -0.39 is 10.0 Å². The van der Waals surface area contributed by atoms with Crippen molar-refractivity contribution in [3.05, 3.63) is 36.0 Å². The summed E-state index contributed by atoms with van der Waals surface area (Å²) in [6.07, 6.45) is 1.59. The van der Waals surface area contributed by atoms with E-state index in [-0.39, 0.29) is 4.34 Å². The first-order valence-corrected chi connectivity index (χ1v) is 7.73. The van der Waals surface area contributed by atoms with Gasteiger partial charge in [-0.05, 0) is 12.1 Å². The number of nitrogens with two attached hydrogens (primary N) is 1. The molecular weight excluding hydrogens is 298 g/mol. The van der Waals surface area contributed by atoms with E-state index in [2.05, 4.69) is 10.1 Å². The molecule has 0 aliphatic heterocycles. The van der Waals surface area contributed by atoms with Crippen LogP contribution in [-0.2, 0) is 10.0 Å². The minimum absolute atomic E-state index is 0.185. The van der Waals surface area contributed by atoms with Crippen LogP contribution in [0.2, 0.25) is 0 Å². The smallest absolute Gasteiger partial charge is 0.225 e. The number of fused-ring (bicyclic) bond motifs is 1. The summed E-state index contributed by atoms with van der Waals surface area (Å²) >= 11 is 0.903. The van der Waals surface area contributed by atoms with E-state index in [1.807, 2.05) is 6.07 Å². The zero-order valence-electron chi connectivity index (χ0n) is 9.89. The molecule has 2 N–H and O–H groups in total. The number of nitrogens with zero attached hydrogens (tertiary/aromatic N) is 4. The predicted molar refractivity (Wildman–Crippen MR) is 72.4 cm³/mol. The van der Waals surface area contributed by atoms with Gasteiger partial charge in [-0.15, -0.1) is 5.10 Å². The van der Waals surface area contributed by atoms with Crippen LogP contribution < -0.4 is 5.14 Å². The van der Waals surface area contributed by atoms with Gasteiger partial charge in [-0.3, -0.25) is 0 Å². The van der Waals surface area contributed by atoms with Crippen LogP contribution >= 0.6 is 11.3 Å². The summed E-state index contributed by atoms with van der Waals surface area (Å²) in [6.45, 7) is 0. The molecule has 0 radical (unpaired) electrons. The molecule has 0 saturated heterocycles. The Balaban J connectivity index is 2.16. The van der Waals surface area contributed by atoms with Gasteiger partial charge in [0.1, 0.15) is 0 Å². The third kappa shape index (κ3) is 2.05. The first-order chi connectivity index (χ1) is 9.49. The van der Waals surface area contributed by atoms with Gasteiger partial charge < -0.3 is 0 Å². The fraction of sp³-hybridized carbons (Fsp3) is 0. The van der Waals surface area contributed by atoms with Crippen LogP contribution in [0.1, 0.15) is 5.56 Å². The number of hydrogen-bond donors (Lipinski definition) is 1. The van der Waals surface area contributed by atoms with Crippen LogP contribution in [0.25, 0.3) is 16.2 Å². The molecule has 0 spiro atoms. The SMILES string of the molecule is N#Cc1ccc(-c2cnc3sc(S(N)(=O)=O)nn23)cc1. The van der Waals surface area contributed by atoms with Crippen molar-refractivity contribution in [1.29, 1.82) is 5.26 Å². The van der Waals surface area contributed by atoms with E-state index in [0.29, 0.717) is 16.2 Å². The number of imidazole rings is 1. The molecule has 3 aromatic rings. The molecule has 2 aromatic heterocycles. The molecule has 9 heteroatoms. The first kappa shape index (κ1) is 12.7. The standard InChI is InChI=1S/C11H7N5O2S2/c12-5-7-1-3-8(4-2-7)9-6-14-10-16(9)15-11(19-10)20(13,17)18/h1-4,6H,(H2,13,17,18). The molecule has 7 nitrogen and oxygen atoms in total. The van der Waals surface area contributed by atoms with Gasteiger partial charge in [-0.2, -0.15) is 5.26 Å². The lowest BCUT2D eigenvalue weighted by Gasteiger charge is -1.98. The van der Waals surface area contributed by atoms with Gasteiger partial charge in [0.2, 0.25) is 9.30 Å². The maximum atomic E-state index is 11.3. The number of rotatable bonds is 2. The highest BCUT2D eigenvalue weighted by molar-refractivity contribution is 7.91. The predicted octanol–water partition coefficient (Wildman–Crippen LogP) is 0.977. The fourth-order valence-corrected chi connectivity index (χ4v) is 3.20. The van der Waals surface area contributed by atoms with Crippen LogP contribution in [0.4, 0.5) is 0 Å². The van der Waals surface area contributed by atoms with Gasteiger partial charge in [0.25, 0.3) is 10.0 Å². The number of aromatic nitrogens is 3. The van der Waals surface area contributed by atoms with Crippen molar-refractivity contribution in [2.75, 3.05) is 0 Å². The van der Waals surface area contributed by atoms with Gasteiger partial charge in [-0.1, -0.05) is 23.5 Å². The molecule has 0 aliphatic carbocycles. The summed E-state index contributed by atoms with van der Waals surface area (Å²) in [6, 6.07) is 8.86. The topological polar surface area (TPSA) is 114 Å². The van der Waals surface area contributed by atoms with Gasteiger partial charge in [0, 0.05) is 5.56 Å². The average Bonchev–Trinajstić information content (AvgIpc) is 2.98. The lowest BCUT2D eigenvalue weighted by Crippen LogP contribution is -2.12. The summed E-state index contributed by atoms with van der Waals surface area (Å²) in [7, 11) is -3.84. The molecule has 20 heavy (non-hydrogen) atoms. The number of hydrogen-bond acceptors (Lipinski definition) is 6. The summed E-state index contributed by atoms with van der Waals surface area (Å²) in [4.78, 5) is 4.54. The van der Waals surface area contributed by atoms with Gasteiger partial charge in [-0.25, -0.2) is 23.1 Å².